The largest absolute Gasteiger partial charge is 0.488 e. The van der Waals surface area contributed by atoms with Crippen LogP contribution in [-0.2, 0) is 6.61 Å². The second-order valence-electron chi connectivity index (χ2n) is 7.77. The van der Waals surface area contributed by atoms with Crippen LogP contribution in [0.2, 0.25) is 0 Å². The Kier molecular flexibility index (Phi) is 7.40. The van der Waals surface area contributed by atoms with Crippen LogP contribution in [0.4, 0.5) is 0 Å². The first-order valence-corrected chi connectivity index (χ1v) is 12.3. The molecule has 0 spiro atoms. The van der Waals surface area contributed by atoms with Crippen molar-refractivity contribution in [3.05, 3.63) is 103 Å². The molecule has 5 nitrogen and oxygen atoms in total. The molecule has 0 aliphatic rings. The van der Waals surface area contributed by atoms with E-state index in [1.165, 1.54) is 4.68 Å². The normalized spacial score (nSPS) is 12.4. The van der Waals surface area contributed by atoms with Crippen LogP contribution in [0.25, 0.3) is 10.9 Å². The lowest BCUT2D eigenvalue weighted by Gasteiger charge is -2.14. The van der Waals surface area contributed by atoms with Gasteiger partial charge in [-0.15, -0.1) is 0 Å². The van der Waals surface area contributed by atoms with Crippen LogP contribution in [0.3, 0.4) is 0 Å². The van der Waals surface area contributed by atoms with E-state index in [2.05, 4.69) is 43.9 Å². The first kappa shape index (κ1) is 23.4. The monoisotopic (exact) mass is 567 g/mol. The quantitative estimate of drug-likeness (QED) is 0.228. The first-order chi connectivity index (χ1) is 16.0. The van der Waals surface area contributed by atoms with Gasteiger partial charge in [-0.25, -0.2) is 4.98 Å². The maximum Gasteiger partial charge on any atom is 0.282 e. The molecule has 1 atom stereocenters. The van der Waals surface area contributed by atoms with E-state index in [9.17, 15) is 4.79 Å². The maximum absolute atomic E-state index is 13.2. The second-order valence-corrected chi connectivity index (χ2v) is 9.54. The van der Waals surface area contributed by atoms with Crippen molar-refractivity contribution in [1.82, 2.24) is 9.66 Å². The van der Waals surface area contributed by atoms with Gasteiger partial charge in [-0.1, -0.05) is 60.1 Å². The lowest BCUT2D eigenvalue weighted by molar-refractivity contribution is 0.304. The molecule has 0 saturated carbocycles. The van der Waals surface area contributed by atoms with E-state index in [0.717, 1.165) is 32.2 Å². The number of rotatable bonds is 7. The zero-order chi connectivity index (χ0) is 23.4. The Labute approximate surface area is 209 Å². The molecule has 0 saturated heterocycles. The molecule has 4 aromatic rings. The van der Waals surface area contributed by atoms with Crippen LogP contribution in [0, 0.1) is 0 Å². The lowest BCUT2D eigenvalue weighted by atomic mass is 10.1. The Morgan fingerprint density at radius 3 is 2.61 bits per heavy atom. The van der Waals surface area contributed by atoms with E-state index in [1.54, 1.807) is 12.3 Å². The van der Waals surface area contributed by atoms with Crippen LogP contribution < -0.4 is 10.3 Å². The van der Waals surface area contributed by atoms with Crippen molar-refractivity contribution in [3.63, 3.8) is 0 Å². The second kappa shape index (κ2) is 10.4. The van der Waals surface area contributed by atoms with Crippen molar-refractivity contribution >= 4 is 49.0 Å². The summed E-state index contributed by atoms with van der Waals surface area (Å²) in [4.78, 5) is 18.0. The summed E-state index contributed by atoms with van der Waals surface area (Å²) in [7, 11) is 0. The number of halogens is 2. The third-order valence-corrected chi connectivity index (χ3v) is 6.51. The van der Waals surface area contributed by atoms with Crippen LogP contribution in [0.5, 0.6) is 5.75 Å². The summed E-state index contributed by atoms with van der Waals surface area (Å²) in [5, 5.41) is 5.06. The van der Waals surface area contributed by atoms with Crippen molar-refractivity contribution in [3.8, 4) is 5.75 Å². The molecule has 1 heterocycles. The molecule has 33 heavy (non-hydrogen) atoms. The van der Waals surface area contributed by atoms with Crippen molar-refractivity contribution in [1.29, 1.82) is 0 Å². The molecule has 168 valence electrons. The molecule has 0 fully saturated rings. The van der Waals surface area contributed by atoms with Gasteiger partial charge in [-0.05, 0) is 69.9 Å². The van der Waals surface area contributed by atoms with Crippen molar-refractivity contribution in [2.75, 3.05) is 0 Å². The van der Waals surface area contributed by atoms with Gasteiger partial charge < -0.3 is 4.74 Å². The van der Waals surface area contributed by atoms with Gasteiger partial charge in [-0.2, -0.15) is 9.78 Å². The highest BCUT2D eigenvalue weighted by Crippen LogP contribution is 2.27. The molecule has 4 rings (SSSR count). The van der Waals surface area contributed by atoms with Gasteiger partial charge in [-0.3, -0.25) is 4.79 Å². The Bertz CT molecular complexity index is 1370. The minimum absolute atomic E-state index is 0.0865. The Balaban J connectivity index is 1.64. The van der Waals surface area contributed by atoms with E-state index in [4.69, 9.17) is 9.72 Å². The summed E-state index contributed by atoms with van der Waals surface area (Å²) < 4.78 is 8.98. The van der Waals surface area contributed by atoms with Gasteiger partial charge in [0.05, 0.1) is 21.6 Å². The topological polar surface area (TPSA) is 56.5 Å². The van der Waals surface area contributed by atoms with E-state index in [-0.39, 0.29) is 11.5 Å². The number of hydrogen-bond acceptors (Lipinski definition) is 4. The zero-order valence-electron chi connectivity index (χ0n) is 18.3. The molecule has 0 radical (unpaired) electrons. The predicted octanol–water partition coefficient (Wildman–Crippen LogP) is 6.90. The summed E-state index contributed by atoms with van der Waals surface area (Å²) in [6.45, 7) is 4.61. The minimum Gasteiger partial charge on any atom is -0.488 e. The number of nitrogens with zero attached hydrogens (tertiary/aromatic N) is 3. The molecule has 0 bridgehead atoms. The number of aromatic nitrogens is 2. The molecular formula is C26H23Br2N3O2. The van der Waals surface area contributed by atoms with Gasteiger partial charge in [0.2, 0.25) is 0 Å². The highest BCUT2D eigenvalue weighted by atomic mass is 79.9. The number of fused-ring (bicyclic) bond motifs is 1. The molecule has 0 amide bonds. The molecular weight excluding hydrogens is 546 g/mol. The van der Waals surface area contributed by atoms with Gasteiger partial charge in [0, 0.05) is 10.4 Å². The molecule has 7 heteroatoms. The van der Waals surface area contributed by atoms with Crippen LogP contribution in [0.15, 0.2) is 85.6 Å². The highest BCUT2D eigenvalue weighted by Gasteiger charge is 2.15. The van der Waals surface area contributed by atoms with Gasteiger partial charge in [0.15, 0.2) is 0 Å². The third kappa shape index (κ3) is 5.42. The zero-order valence-corrected chi connectivity index (χ0v) is 21.5. The lowest BCUT2D eigenvalue weighted by Crippen LogP contribution is -2.23. The van der Waals surface area contributed by atoms with Crippen LogP contribution in [-0.4, -0.2) is 15.9 Å². The fourth-order valence-corrected chi connectivity index (χ4v) is 4.23. The summed E-state index contributed by atoms with van der Waals surface area (Å²) in [6.07, 6.45) is 2.52. The van der Waals surface area contributed by atoms with E-state index in [0.29, 0.717) is 23.3 Å². The smallest absolute Gasteiger partial charge is 0.282 e. The standard InChI is InChI=1S/C26H23Br2N3O2/c1-3-17(2)25-30-23-11-10-20(27)14-21(23)26(32)31(25)29-15-19-9-12-24(22(28)13-19)33-16-18-7-5-4-6-8-18/h4-15,17H,3,16H2,1-2H3/t17-/m1/s1. The van der Waals surface area contributed by atoms with Crippen LogP contribution in [0.1, 0.15) is 43.1 Å². The summed E-state index contributed by atoms with van der Waals surface area (Å²) in [6, 6.07) is 21.3. The highest BCUT2D eigenvalue weighted by molar-refractivity contribution is 9.10. The third-order valence-electron chi connectivity index (χ3n) is 5.40. The summed E-state index contributed by atoms with van der Waals surface area (Å²) >= 11 is 7.02. The molecule has 0 aliphatic heterocycles. The molecule has 0 aliphatic carbocycles. The first-order valence-electron chi connectivity index (χ1n) is 10.7. The van der Waals surface area contributed by atoms with E-state index < -0.39 is 0 Å². The average molecular weight is 569 g/mol. The SMILES string of the molecule is CC[C@@H](C)c1nc2ccc(Br)cc2c(=O)n1N=Cc1ccc(OCc2ccccc2)c(Br)c1. The van der Waals surface area contributed by atoms with Gasteiger partial charge in [0.25, 0.3) is 5.56 Å². The predicted molar refractivity (Wildman–Crippen MR) is 140 cm³/mol. The minimum atomic E-state index is -0.185. The Morgan fingerprint density at radius 1 is 1.09 bits per heavy atom. The average Bonchev–Trinajstić information content (AvgIpc) is 2.83. The van der Waals surface area contributed by atoms with E-state index in [1.807, 2.05) is 67.6 Å². The molecule has 0 N–H and O–H groups in total. The Morgan fingerprint density at radius 2 is 1.88 bits per heavy atom. The summed E-state index contributed by atoms with van der Waals surface area (Å²) in [5.41, 5.74) is 2.43. The number of benzene rings is 3. The van der Waals surface area contributed by atoms with Crippen molar-refractivity contribution in [2.24, 2.45) is 5.10 Å². The Hall–Kier alpha value is -2.77. The van der Waals surface area contributed by atoms with Gasteiger partial charge in [0.1, 0.15) is 18.2 Å². The van der Waals surface area contributed by atoms with Crippen LogP contribution >= 0.6 is 31.9 Å². The summed E-state index contributed by atoms with van der Waals surface area (Å²) in [5.74, 6) is 1.48. The fraction of sp³-hybridized carbons (Fsp3) is 0.192. The molecule has 0 unspecified atom stereocenters. The fourth-order valence-electron chi connectivity index (χ4n) is 3.35. The molecule has 3 aromatic carbocycles. The maximum atomic E-state index is 13.2. The molecule has 1 aromatic heterocycles. The van der Waals surface area contributed by atoms with Crippen molar-refractivity contribution in [2.45, 2.75) is 32.8 Å². The van der Waals surface area contributed by atoms with Gasteiger partial charge >= 0.3 is 0 Å². The number of ether oxygens (including phenoxy) is 1. The number of hydrogen-bond donors (Lipinski definition) is 0. The van der Waals surface area contributed by atoms with Crippen molar-refractivity contribution < 1.29 is 4.74 Å². The van der Waals surface area contributed by atoms with E-state index >= 15 is 0 Å².